The molecule has 1 aliphatic heterocycles. The molecule has 6 heteroatoms. The molecular formula is C14H19NO4S. The first kappa shape index (κ1) is 15.0. The quantitative estimate of drug-likeness (QED) is 0.923. The van der Waals surface area contributed by atoms with Crippen molar-refractivity contribution in [3.05, 3.63) is 29.3 Å². The number of hydrogen-bond acceptors (Lipinski definition) is 3. The number of carboxylic acid groups (broad SMARTS) is 1. The van der Waals surface area contributed by atoms with Crippen LogP contribution in [0.25, 0.3) is 0 Å². The highest BCUT2D eigenvalue weighted by Gasteiger charge is 2.44. The highest BCUT2D eigenvalue weighted by molar-refractivity contribution is 7.89. The highest BCUT2D eigenvalue weighted by Crippen LogP contribution is 2.34. The highest BCUT2D eigenvalue weighted by atomic mass is 32.2. The van der Waals surface area contributed by atoms with Gasteiger partial charge in [0.2, 0.25) is 10.0 Å². The monoisotopic (exact) mass is 297 g/mol. The van der Waals surface area contributed by atoms with Gasteiger partial charge >= 0.3 is 5.97 Å². The molecule has 1 heterocycles. The van der Waals surface area contributed by atoms with Crippen molar-refractivity contribution in [1.29, 1.82) is 0 Å². The van der Waals surface area contributed by atoms with Gasteiger partial charge < -0.3 is 5.11 Å². The number of hydrogen-bond donors (Lipinski definition) is 1. The smallest absolute Gasteiger partial charge is 0.310 e. The van der Waals surface area contributed by atoms with Crippen molar-refractivity contribution in [1.82, 2.24) is 4.31 Å². The number of sulfonamides is 1. The molecule has 1 N–H and O–H groups in total. The summed E-state index contributed by atoms with van der Waals surface area (Å²) in [6, 6.07) is 5.15. The Morgan fingerprint density at radius 1 is 1.25 bits per heavy atom. The number of aryl methyl sites for hydroxylation is 2. The van der Waals surface area contributed by atoms with Crippen LogP contribution in [0.5, 0.6) is 0 Å². The lowest BCUT2D eigenvalue weighted by atomic mass is 9.90. The number of aliphatic carboxylic acids is 1. The van der Waals surface area contributed by atoms with Gasteiger partial charge in [0.25, 0.3) is 0 Å². The zero-order valence-electron chi connectivity index (χ0n) is 11.9. The van der Waals surface area contributed by atoms with Gasteiger partial charge in [-0.05, 0) is 50.5 Å². The van der Waals surface area contributed by atoms with E-state index in [1.807, 2.05) is 19.9 Å². The normalized spacial score (nSPS) is 23.9. The second-order valence-corrected chi connectivity index (χ2v) is 7.72. The molecule has 1 fully saturated rings. The Bertz CT molecular complexity index is 633. The van der Waals surface area contributed by atoms with E-state index in [2.05, 4.69) is 0 Å². The first-order valence-electron chi connectivity index (χ1n) is 6.47. The van der Waals surface area contributed by atoms with E-state index in [0.29, 0.717) is 6.42 Å². The van der Waals surface area contributed by atoms with Gasteiger partial charge in [-0.15, -0.1) is 0 Å². The van der Waals surface area contributed by atoms with Crippen molar-refractivity contribution in [2.75, 3.05) is 13.1 Å². The zero-order valence-corrected chi connectivity index (χ0v) is 12.7. The van der Waals surface area contributed by atoms with Gasteiger partial charge in [-0.1, -0.05) is 6.07 Å². The first-order valence-corrected chi connectivity index (χ1v) is 7.91. The van der Waals surface area contributed by atoms with E-state index in [4.69, 9.17) is 0 Å². The fourth-order valence-corrected chi connectivity index (χ4v) is 4.28. The number of rotatable bonds is 3. The number of benzene rings is 1. The van der Waals surface area contributed by atoms with E-state index in [1.54, 1.807) is 19.1 Å². The van der Waals surface area contributed by atoms with Crippen LogP contribution in [0.4, 0.5) is 0 Å². The molecule has 0 amide bonds. The molecule has 0 aromatic heterocycles. The largest absolute Gasteiger partial charge is 0.481 e. The minimum Gasteiger partial charge on any atom is -0.481 e. The summed E-state index contributed by atoms with van der Waals surface area (Å²) in [6.45, 7) is 5.55. The fourth-order valence-electron chi connectivity index (χ4n) is 2.53. The Morgan fingerprint density at radius 2 is 1.80 bits per heavy atom. The molecule has 2 rings (SSSR count). The summed E-state index contributed by atoms with van der Waals surface area (Å²) in [5, 5.41) is 9.19. The van der Waals surface area contributed by atoms with E-state index in [0.717, 1.165) is 11.1 Å². The molecule has 1 aromatic carbocycles. The average Bonchev–Trinajstić information content (AvgIpc) is 2.73. The van der Waals surface area contributed by atoms with Crippen molar-refractivity contribution in [3.8, 4) is 0 Å². The molecule has 110 valence electrons. The van der Waals surface area contributed by atoms with Crippen molar-refractivity contribution in [2.24, 2.45) is 5.41 Å². The lowest BCUT2D eigenvalue weighted by Gasteiger charge is -2.20. The summed E-state index contributed by atoms with van der Waals surface area (Å²) in [7, 11) is -3.62. The van der Waals surface area contributed by atoms with Crippen LogP contribution in [-0.2, 0) is 14.8 Å². The third-order valence-electron chi connectivity index (χ3n) is 3.79. The molecule has 1 unspecified atom stereocenters. The van der Waals surface area contributed by atoms with Crippen LogP contribution in [0.15, 0.2) is 23.1 Å². The van der Waals surface area contributed by atoms with Crippen molar-refractivity contribution < 1.29 is 18.3 Å². The van der Waals surface area contributed by atoms with Crippen molar-refractivity contribution in [3.63, 3.8) is 0 Å². The Balaban J connectivity index is 2.35. The third-order valence-corrected chi connectivity index (χ3v) is 5.61. The molecule has 0 spiro atoms. The van der Waals surface area contributed by atoms with E-state index in [-0.39, 0.29) is 18.0 Å². The van der Waals surface area contributed by atoms with Crippen LogP contribution in [0, 0.1) is 19.3 Å². The second-order valence-electron chi connectivity index (χ2n) is 5.78. The predicted octanol–water partition coefficient (Wildman–Crippen LogP) is 1.79. The maximum absolute atomic E-state index is 12.6. The fraction of sp³-hybridized carbons (Fsp3) is 0.500. The van der Waals surface area contributed by atoms with Gasteiger partial charge in [-0.2, -0.15) is 4.31 Å². The van der Waals surface area contributed by atoms with Gasteiger partial charge in [0.1, 0.15) is 0 Å². The van der Waals surface area contributed by atoms with E-state index in [1.165, 1.54) is 4.31 Å². The Labute approximate surface area is 119 Å². The maximum atomic E-state index is 12.6. The average molecular weight is 297 g/mol. The third kappa shape index (κ3) is 2.58. The second kappa shape index (κ2) is 4.86. The predicted molar refractivity (Wildman–Crippen MR) is 75.0 cm³/mol. The molecule has 1 atom stereocenters. The molecular weight excluding hydrogens is 278 g/mol. The van der Waals surface area contributed by atoms with Gasteiger partial charge in [0.15, 0.2) is 0 Å². The van der Waals surface area contributed by atoms with Gasteiger partial charge in [0.05, 0.1) is 10.3 Å². The van der Waals surface area contributed by atoms with Gasteiger partial charge in [0, 0.05) is 13.1 Å². The maximum Gasteiger partial charge on any atom is 0.310 e. The Hall–Kier alpha value is -1.40. The SMILES string of the molecule is Cc1cc(C)cc(S(=O)(=O)N2CCC(C)(C(=O)O)C2)c1. The molecule has 20 heavy (non-hydrogen) atoms. The summed E-state index contributed by atoms with van der Waals surface area (Å²) >= 11 is 0. The molecule has 1 aromatic rings. The van der Waals surface area contributed by atoms with Crippen LogP contribution in [-0.4, -0.2) is 36.9 Å². The van der Waals surface area contributed by atoms with Crippen LogP contribution in [0.3, 0.4) is 0 Å². The molecule has 0 radical (unpaired) electrons. The van der Waals surface area contributed by atoms with Crippen molar-refractivity contribution >= 4 is 16.0 Å². The minimum atomic E-state index is -3.62. The summed E-state index contributed by atoms with van der Waals surface area (Å²) in [4.78, 5) is 11.5. The molecule has 5 nitrogen and oxygen atoms in total. The Kier molecular flexibility index (Phi) is 3.64. The van der Waals surface area contributed by atoms with Gasteiger partial charge in [-0.3, -0.25) is 4.79 Å². The lowest BCUT2D eigenvalue weighted by molar-refractivity contribution is -0.146. The molecule has 1 saturated heterocycles. The summed E-state index contributed by atoms with van der Waals surface area (Å²) in [5.74, 6) is -0.948. The summed E-state index contributed by atoms with van der Waals surface area (Å²) in [5.41, 5.74) is 0.763. The minimum absolute atomic E-state index is 0.0255. The zero-order chi connectivity index (χ0) is 15.1. The van der Waals surface area contributed by atoms with Crippen molar-refractivity contribution in [2.45, 2.75) is 32.1 Å². The molecule has 0 saturated carbocycles. The summed E-state index contributed by atoms with van der Waals surface area (Å²) in [6.07, 6.45) is 0.340. The van der Waals surface area contributed by atoms with E-state index in [9.17, 15) is 18.3 Å². The van der Waals surface area contributed by atoms with Crippen LogP contribution in [0.2, 0.25) is 0 Å². The van der Waals surface area contributed by atoms with E-state index >= 15 is 0 Å². The first-order chi connectivity index (χ1) is 9.15. The number of nitrogens with zero attached hydrogens (tertiary/aromatic N) is 1. The van der Waals surface area contributed by atoms with E-state index < -0.39 is 21.4 Å². The Morgan fingerprint density at radius 3 is 2.25 bits per heavy atom. The van der Waals surface area contributed by atoms with Crippen LogP contribution in [0.1, 0.15) is 24.5 Å². The van der Waals surface area contributed by atoms with Gasteiger partial charge in [-0.25, -0.2) is 8.42 Å². The molecule has 0 aliphatic carbocycles. The number of carbonyl (C=O) groups is 1. The van der Waals surface area contributed by atoms with Crippen LogP contribution >= 0.6 is 0 Å². The molecule has 0 bridgehead atoms. The topological polar surface area (TPSA) is 74.7 Å². The standard InChI is InChI=1S/C14H19NO4S/c1-10-6-11(2)8-12(7-10)20(18,19)15-5-4-14(3,9-15)13(16)17/h6-8H,4-5,9H2,1-3H3,(H,16,17). The summed E-state index contributed by atoms with van der Waals surface area (Å²) < 4.78 is 26.4. The number of carboxylic acids is 1. The molecule has 1 aliphatic rings. The lowest BCUT2D eigenvalue weighted by Crippen LogP contribution is -2.34. The van der Waals surface area contributed by atoms with Crippen LogP contribution < -0.4 is 0 Å².